The van der Waals surface area contributed by atoms with Gasteiger partial charge in [0.15, 0.2) is 0 Å². The first-order valence-electron chi connectivity index (χ1n) is 10.5. The molecule has 0 aliphatic carbocycles. The Hall–Kier alpha value is -2.87. The van der Waals surface area contributed by atoms with E-state index in [-0.39, 0.29) is 11.3 Å². The molecule has 0 aromatic heterocycles. The summed E-state index contributed by atoms with van der Waals surface area (Å²) in [7, 11) is 1.56. The van der Waals surface area contributed by atoms with Crippen LogP contribution in [0.15, 0.2) is 54.1 Å². The third-order valence-electron chi connectivity index (χ3n) is 5.83. The molecule has 2 heterocycles. The number of morpholine rings is 1. The van der Waals surface area contributed by atoms with Crippen molar-refractivity contribution in [3.05, 3.63) is 70.3 Å². The minimum Gasteiger partial charge on any atom is -0.507 e. The summed E-state index contributed by atoms with van der Waals surface area (Å²) in [5.74, 6) is -0.941. The van der Waals surface area contributed by atoms with Crippen molar-refractivity contribution in [2.45, 2.75) is 6.04 Å². The zero-order valence-corrected chi connectivity index (χ0v) is 18.5. The first-order valence-corrected chi connectivity index (χ1v) is 10.9. The summed E-state index contributed by atoms with van der Waals surface area (Å²) in [6, 6.07) is 13.0. The molecule has 0 unspecified atom stereocenters. The molecule has 1 atom stereocenters. The van der Waals surface area contributed by atoms with Crippen LogP contribution in [0.3, 0.4) is 0 Å². The lowest BCUT2D eigenvalue weighted by molar-refractivity contribution is -0.140. The Labute approximate surface area is 191 Å². The largest absolute Gasteiger partial charge is 0.507 e. The molecule has 4 rings (SSSR count). The molecule has 1 N–H and O–H groups in total. The Morgan fingerprint density at radius 3 is 2.53 bits per heavy atom. The molecule has 2 aromatic carbocycles. The van der Waals surface area contributed by atoms with Crippen molar-refractivity contribution >= 4 is 29.1 Å². The number of aliphatic hydroxyl groups excluding tert-OH is 1. The zero-order chi connectivity index (χ0) is 22.7. The number of methoxy groups -OCH3 is 1. The van der Waals surface area contributed by atoms with Crippen molar-refractivity contribution in [3.8, 4) is 5.75 Å². The van der Waals surface area contributed by atoms with Gasteiger partial charge >= 0.3 is 0 Å². The predicted octanol–water partition coefficient (Wildman–Crippen LogP) is 3.10. The van der Waals surface area contributed by atoms with E-state index in [4.69, 9.17) is 21.1 Å². The molecule has 0 bridgehead atoms. The molecule has 32 heavy (non-hydrogen) atoms. The molecule has 0 saturated carbocycles. The van der Waals surface area contributed by atoms with Gasteiger partial charge in [0.05, 0.1) is 31.9 Å². The maximum absolute atomic E-state index is 13.1. The fraction of sp³-hybridized carbons (Fsp3) is 0.333. The highest BCUT2D eigenvalue weighted by atomic mass is 35.5. The molecule has 7 nitrogen and oxygen atoms in total. The summed E-state index contributed by atoms with van der Waals surface area (Å²) in [5.41, 5.74) is 1.18. The molecule has 2 aliphatic heterocycles. The van der Waals surface area contributed by atoms with E-state index < -0.39 is 17.7 Å². The van der Waals surface area contributed by atoms with Gasteiger partial charge in [-0.3, -0.25) is 14.5 Å². The van der Waals surface area contributed by atoms with Gasteiger partial charge in [-0.1, -0.05) is 23.7 Å². The lowest BCUT2D eigenvalue weighted by atomic mass is 9.95. The summed E-state index contributed by atoms with van der Waals surface area (Å²) < 4.78 is 10.7. The summed E-state index contributed by atoms with van der Waals surface area (Å²) in [5, 5.41) is 11.6. The monoisotopic (exact) mass is 456 g/mol. The van der Waals surface area contributed by atoms with E-state index in [1.54, 1.807) is 49.6 Å². The van der Waals surface area contributed by atoms with Crippen LogP contribution in [0, 0.1) is 0 Å². The number of carbonyl (C=O) groups is 2. The lowest BCUT2D eigenvalue weighted by Crippen LogP contribution is -2.42. The minimum atomic E-state index is -0.721. The highest BCUT2D eigenvalue weighted by Gasteiger charge is 2.46. The van der Waals surface area contributed by atoms with Gasteiger partial charge in [-0.15, -0.1) is 0 Å². The molecule has 1 amide bonds. The van der Waals surface area contributed by atoms with Crippen molar-refractivity contribution in [1.29, 1.82) is 0 Å². The van der Waals surface area contributed by atoms with Gasteiger partial charge in [0.2, 0.25) is 0 Å². The zero-order valence-electron chi connectivity index (χ0n) is 17.8. The van der Waals surface area contributed by atoms with Crippen LogP contribution in [0.1, 0.15) is 17.2 Å². The number of amides is 1. The van der Waals surface area contributed by atoms with Crippen LogP contribution in [-0.2, 0) is 14.3 Å². The van der Waals surface area contributed by atoms with Crippen molar-refractivity contribution in [2.75, 3.05) is 46.5 Å². The molecule has 168 valence electrons. The molecule has 2 aliphatic rings. The number of hydrogen-bond acceptors (Lipinski definition) is 6. The normalized spacial score (nSPS) is 21.2. The maximum Gasteiger partial charge on any atom is 0.295 e. The van der Waals surface area contributed by atoms with E-state index in [1.807, 2.05) is 6.07 Å². The Kier molecular flexibility index (Phi) is 6.79. The van der Waals surface area contributed by atoms with Crippen molar-refractivity contribution in [1.82, 2.24) is 9.80 Å². The highest BCUT2D eigenvalue weighted by Crippen LogP contribution is 2.40. The van der Waals surface area contributed by atoms with Crippen LogP contribution in [0.4, 0.5) is 0 Å². The second-order valence-electron chi connectivity index (χ2n) is 7.73. The van der Waals surface area contributed by atoms with Gasteiger partial charge in [0, 0.05) is 36.8 Å². The Bertz CT molecular complexity index is 1030. The molecule has 2 aromatic rings. The highest BCUT2D eigenvalue weighted by molar-refractivity contribution is 6.46. The number of nitrogens with zero attached hydrogens (tertiary/aromatic N) is 2. The third kappa shape index (κ3) is 4.50. The smallest absolute Gasteiger partial charge is 0.295 e. The third-order valence-corrected chi connectivity index (χ3v) is 6.08. The molecule has 8 heteroatoms. The molecule has 2 saturated heterocycles. The lowest BCUT2D eigenvalue weighted by Gasteiger charge is -2.31. The number of Topliss-reactive ketones (excluding diaryl/α,β-unsaturated/α-hetero) is 1. The second kappa shape index (κ2) is 9.73. The maximum atomic E-state index is 13.1. The standard InChI is InChI=1S/C24H25ClN2O5/c1-31-19-4-2-3-17(15-19)21-20(22(28)16-5-7-18(25)8-6-16)23(29)24(30)27(21)10-9-26-11-13-32-14-12-26/h2-8,15,21,28H,9-14H2,1H3/b22-20+/t21-/m0/s1. The number of carbonyl (C=O) groups excluding carboxylic acids is 2. The van der Waals surface area contributed by atoms with Crippen LogP contribution in [-0.4, -0.2) is 73.1 Å². The topological polar surface area (TPSA) is 79.3 Å². The first-order chi connectivity index (χ1) is 15.5. The number of halogens is 1. The van der Waals surface area contributed by atoms with E-state index in [2.05, 4.69) is 4.90 Å². The second-order valence-corrected chi connectivity index (χ2v) is 8.17. The van der Waals surface area contributed by atoms with E-state index >= 15 is 0 Å². The van der Waals surface area contributed by atoms with E-state index in [0.717, 1.165) is 13.1 Å². The summed E-state index contributed by atoms with van der Waals surface area (Å²) in [6.45, 7) is 3.81. The van der Waals surface area contributed by atoms with E-state index in [9.17, 15) is 14.7 Å². The number of aliphatic hydroxyl groups is 1. The van der Waals surface area contributed by atoms with E-state index in [0.29, 0.717) is 48.2 Å². The Morgan fingerprint density at radius 2 is 1.84 bits per heavy atom. The fourth-order valence-electron chi connectivity index (χ4n) is 4.11. The van der Waals surface area contributed by atoms with Crippen LogP contribution < -0.4 is 4.74 Å². The van der Waals surface area contributed by atoms with Crippen LogP contribution in [0.2, 0.25) is 5.02 Å². The average Bonchev–Trinajstić information content (AvgIpc) is 3.08. The van der Waals surface area contributed by atoms with Crippen LogP contribution >= 0.6 is 11.6 Å². The number of ether oxygens (including phenoxy) is 2. The SMILES string of the molecule is COc1cccc([C@H]2/C(=C(\O)c3ccc(Cl)cc3)C(=O)C(=O)N2CCN2CCOCC2)c1. The molecule has 0 radical (unpaired) electrons. The molecular formula is C24H25ClN2O5. The van der Waals surface area contributed by atoms with Gasteiger partial charge in [-0.05, 0) is 42.0 Å². The fourth-order valence-corrected chi connectivity index (χ4v) is 4.23. The minimum absolute atomic E-state index is 0.0625. The number of hydrogen-bond donors (Lipinski definition) is 1. The van der Waals surface area contributed by atoms with Gasteiger partial charge in [-0.25, -0.2) is 0 Å². The molecule has 0 spiro atoms. The summed E-state index contributed by atoms with van der Waals surface area (Å²) in [6.07, 6.45) is 0. The van der Waals surface area contributed by atoms with Crippen molar-refractivity contribution in [3.63, 3.8) is 0 Å². The molecule has 2 fully saturated rings. The predicted molar refractivity (Wildman–Crippen MR) is 121 cm³/mol. The Morgan fingerprint density at radius 1 is 1.12 bits per heavy atom. The van der Waals surface area contributed by atoms with Crippen molar-refractivity contribution in [2.24, 2.45) is 0 Å². The molecular weight excluding hydrogens is 432 g/mol. The van der Waals surface area contributed by atoms with Gasteiger partial charge in [0.25, 0.3) is 11.7 Å². The van der Waals surface area contributed by atoms with Crippen LogP contribution in [0.25, 0.3) is 5.76 Å². The number of rotatable bonds is 6. The van der Waals surface area contributed by atoms with Crippen molar-refractivity contribution < 1.29 is 24.2 Å². The number of likely N-dealkylation sites (tertiary alicyclic amines) is 1. The van der Waals surface area contributed by atoms with Crippen LogP contribution in [0.5, 0.6) is 5.75 Å². The number of benzene rings is 2. The van der Waals surface area contributed by atoms with Gasteiger partial charge in [0.1, 0.15) is 11.5 Å². The first kappa shape index (κ1) is 22.3. The Balaban J connectivity index is 1.74. The van der Waals surface area contributed by atoms with E-state index in [1.165, 1.54) is 4.90 Å². The average molecular weight is 457 g/mol. The summed E-state index contributed by atoms with van der Waals surface area (Å²) in [4.78, 5) is 29.9. The van der Waals surface area contributed by atoms with Gasteiger partial charge < -0.3 is 19.5 Å². The summed E-state index contributed by atoms with van der Waals surface area (Å²) >= 11 is 5.97. The van der Waals surface area contributed by atoms with Gasteiger partial charge in [-0.2, -0.15) is 0 Å². The number of ketones is 1. The quantitative estimate of drug-likeness (QED) is 0.409.